The number of carbonyl (C=O) groups is 2. The molecule has 1 heterocycles. The van der Waals surface area contributed by atoms with Gasteiger partial charge in [0.15, 0.2) is 16.6 Å². The first-order valence-corrected chi connectivity index (χ1v) is 13.3. The number of hydrogen-bond acceptors (Lipinski definition) is 5. The molecule has 1 aliphatic heterocycles. The molecule has 0 aliphatic carbocycles. The van der Waals surface area contributed by atoms with E-state index >= 15 is 0 Å². The van der Waals surface area contributed by atoms with Crippen LogP contribution in [0.4, 0.5) is 10.1 Å². The number of hydrogen-bond donors (Lipinski definition) is 1. The lowest BCUT2D eigenvalue weighted by Gasteiger charge is -2.29. The monoisotopic (exact) mass is 604 g/mol. The lowest BCUT2D eigenvalue weighted by Crippen LogP contribution is -2.54. The molecule has 5 rings (SSSR count). The summed E-state index contributed by atoms with van der Waals surface area (Å²) in [5.74, 6) is -1.13. The van der Waals surface area contributed by atoms with Crippen molar-refractivity contribution in [3.63, 3.8) is 0 Å². The summed E-state index contributed by atoms with van der Waals surface area (Å²) >= 11 is 8.72. The molecule has 0 unspecified atom stereocenters. The zero-order chi connectivity index (χ0) is 27.5. The first-order chi connectivity index (χ1) is 18.9. The maximum atomic E-state index is 14.5. The third kappa shape index (κ3) is 5.41. The number of amides is 2. The van der Waals surface area contributed by atoms with Crippen molar-refractivity contribution in [2.75, 3.05) is 11.5 Å². The summed E-state index contributed by atoms with van der Waals surface area (Å²) in [6, 6.07) is 23.2. The minimum absolute atomic E-state index is 0.0493. The number of fused-ring (bicyclic) bond motifs is 1. The Morgan fingerprint density at radius 2 is 1.74 bits per heavy atom. The minimum atomic E-state index is -0.737. The van der Waals surface area contributed by atoms with Gasteiger partial charge in [-0.1, -0.05) is 54.6 Å². The summed E-state index contributed by atoms with van der Waals surface area (Å²) in [5.41, 5.74) is 1.27. The van der Waals surface area contributed by atoms with Gasteiger partial charge in [0.05, 0.1) is 16.8 Å². The number of anilines is 1. The van der Waals surface area contributed by atoms with Gasteiger partial charge in [-0.05, 0) is 87.3 Å². The molecule has 9 heteroatoms. The van der Waals surface area contributed by atoms with Crippen molar-refractivity contribution in [3.8, 4) is 11.5 Å². The highest BCUT2D eigenvalue weighted by Crippen LogP contribution is 2.39. The molecule has 1 aliphatic rings. The van der Waals surface area contributed by atoms with Gasteiger partial charge in [0.25, 0.3) is 11.8 Å². The Balaban J connectivity index is 1.47. The standard InChI is InChI=1S/C30H22BrFN2O4S/c1-2-37-26-16-18(14-22-28(35)33-30(39)34(29(22)36)25-13-6-5-12-24(25)32)15-23(31)27(26)38-17-20-10-7-9-19-8-3-4-11-21(19)20/h3-16H,2,17H2,1H3,(H,33,35,39)/b22-14+. The Labute approximate surface area is 238 Å². The fourth-order valence-electron chi connectivity index (χ4n) is 4.32. The summed E-state index contributed by atoms with van der Waals surface area (Å²) in [7, 11) is 0. The normalized spacial score (nSPS) is 14.6. The average Bonchev–Trinajstić information content (AvgIpc) is 2.92. The Bertz CT molecular complexity index is 1650. The van der Waals surface area contributed by atoms with Crippen molar-refractivity contribution < 1.29 is 23.5 Å². The molecule has 4 aromatic carbocycles. The molecule has 0 spiro atoms. The molecule has 39 heavy (non-hydrogen) atoms. The second kappa shape index (κ2) is 11.3. The van der Waals surface area contributed by atoms with Crippen molar-refractivity contribution in [2.45, 2.75) is 13.5 Å². The molecule has 1 fully saturated rings. The quantitative estimate of drug-likeness (QED) is 0.147. The van der Waals surface area contributed by atoms with Crippen LogP contribution in [-0.4, -0.2) is 23.5 Å². The van der Waals surface area contributed by atoms with Gasteiger partial charge in [0, 0.05) is 0 Å². The number of nitrogens with zero attached hydrogens (tertiary/aromatic N) is 1. The van der Waals surface area contributed by atoms with E-state index in [1.165, 1.54) is 24.3 Å². The fraction of sp³-hybridized carbons (Fsp3) is 0.100. The first-order valence-electron chi connectivity index (χ1n) is 12.1. The largest absolute Gasteiger partial charge is 0.490 e. The first kappa shape index (κ1) is 26.5. The second-order valence-corrected chi connectivity index (χ2v) is 9.84. The molecular weight excluding hydrogens is 583 g/mol. The highest BCUT2D eigenvalue weighted by Gasteiger charge is 2.35. The predicted molar refractivity (Wildman–Crippen MR) is 156 cm³/mol. The van der Waals surface area contributed by atoms with Gasteiger partial charge in [-0.15, -0.1) is 0 Å². The maximum absolute atomic E-state index is 14.5. The minimum Gasteiger partial charge on any atom is -0.490 e. The van der Waals surface area contributed by atoms with Crippen LogP contribution in [0.25, 0.3) is 16.8 Å². The van der Waals surface area contributed by atoms with E-state index in [-0.39, 0.29) is 16.4 Å². The van der Waals surface area contributed by atoms with Crippen molar-refractivity contribution in [3.05, 3.63) is 106 Å². The maximum Gasteiger partial charge on any atom is 0.270 e. The van der Waals surface area contributed by atoms with Crippen molar-refractivity contribution in [1.29, 1.82) is 0 Å². The third-order valence-corrected chi connectivity index (χ3v) is 6.96. The molecule has 0 saturated carbocycles. The number of rotatable bonds is 7. The predicted octanol–water partition coefficient (Wildman–Crippen LogP) is 6.55. The van der Waals surface area contributed by atoms with Crippen LogP contribution < -0.4 is 19.7 Å². The number of carbonyl (C=O) groups excluding carboxylic acids is 2. The van der Waals surface area contributed by atoms with Gasteiger partial charge in [-0.3, -0.25) is 14.9 Å². The van der Waals surface area contributed by atoms with Crippen molar-refractivity contribution >= 4 is 67.6 Å². The number of benzene rings is 4. The lowest BCUT2D eigenvalue weighted by atomic mass is 10.1. The highest BCUT2D eigenvalue weighted by molar-refractivity contribution is 9.10. The summed E-state index contributed by atoms with van der Waals surface area (Å²) in [4.78, 5) is 27.0. The van der Waals surface area contributed by atoms with Gasteiger partial charge in [-0.2, -0.15) is 0 Å². The van der Waals surface area contributed by atoms with Crippen LogP contribution in [0.5, 0.6) is 11.5 Å². The van der Waals surface area contributed by atoms with E-state index in [1.807, 2.05) is 49.4 Å². The third-order valence-electron chi connectivity index (χ3n) is 6.09. The molecule has 0 bridgehead atoms. The van der Waals surface area contributed by atoms with Crippen molar-refractivity contribution in [2.24, 2.45) is 0 Å². The molecule has 196 valence electrons. The van der Waals surface area contributed by atoms with Gasteiger partial charge >= 0.3 is 0 Å². The SMILES string of the molecule is CCOc1cc(/C=C2\C(=O)NC(=S)N(c3ccccc3F)C2=O)cc(Br)c1OCc1cccc2ccccc12. The number of thiocarbonyl (C=S) groups is 1. The summed E-state index contributed by atoms with van der Waals surface area (Å²) < 4.78 is 27.1. The molecule has 2 amide bonds. The molecule has 1 saturated heterocycles. The van der Waals surface area contributed by atoms with Crippen LogP contribution >= 0.6 is 28.1 Å². The molecule has 4 aromatic rings. The van der Waals surface area contributed by atoms with Crippen LogP contribution in [0.2, 0.25) is 0 Å². The molecule has 0 radical (unpaired) electrons. The smallest absolute Gasteiger partial charge is 0.270 e. The van der Waals surface area contributed by atoms with E-state index in [2.05, 4.69) is 21.2 Å². The van der Waals surface area contributed by atoms with Gasteiger partial charge in [0.1, 0.15) is 18.0 Å². The van der Waals surface area contributed by atoms with Crippen LogP contribution in [0, 0.1) is 5.82 Å². The topological polar surface area (TPSA) is 67.9 Å². The highest BCUT2D eigenvalue weighted by atomic mass is 79.9. The Morgan fingerprint density at radius 1 is 1.00 bits per heavy atom. The zero-order valence-corrected chi connectivity index (χ0v) is 23.1. The van der Waals surface area contributed by atoms with Crippen LogP contribution in [0.15, 0.2) is 88.9 Å². The zero-order valence-electron chi connectivity index (χ0n) is 20.7. The van der Waals surface area contributed by atoms with E-state index in [1.54, 1.807) is 18.2 Å². The van der Waals surface area contributed by atoms with Crippen molar-refractivity contribution in [1.82, 2.24) is 5.32 Å². The summed E-state index contributed by atoms with van der Waals surface area (Å²) in [6.07, 6.45) is 1.41. The molecule has 0 aromatic heterocycles. The van der Waals surface area contributed by atoms with Crippen LogP contribution in [0.3, 0.4) is 0 Å². The van der Waals surface area contributed by atoms with E-state index in [4.69, 9.17) is 21.7 Å². The Kier molecular flexibility index (Phi) is 7.72. The second-order valence-electron chi connectivity index (χ2n) is 8.60. The van der Waals surface area contributed by atoms with E-state index in [0.29, 0.717) is 34.7 Å². The Morgan fingerprint density at radius 3 is 2.54 bits per heavy atom. The number of halogens is 2. The Hall–Kier alpha value is -4.08. The number of ether oxygens (including phenoxy) is 2. The molecular formula is C30H22BrFN2O4S. The van der Waals surface area contributed by atoms with Gasteiger partial charge in [0.2, 0.25) is 0 Å². The summed E-state index contributed by atoms with van der Waals surface area (Å²) in [5, 5.41) is 4.48. The van der Waals surface area contributed by atoms with Gasteiger partial charge in [-0.25, -0.2) is 9.29 Å². The number of para-hydroxylation sites is 1. The fourth-order valence-corrected chi connectivity index (χ4v) is 5.17. The van der Waals surface area contributed by atoms with E-state index in [9.17, 15) is 14.0 Å². The average molecular weight is 605 g/mol. The lowest BCUT2D eigenvalue weighted by molar-refractivity contribution is -0.122. The van der Waals surface area contributed by atoms with E-state index in [0.717, 1.165) is 21.2 Å². The molecule has 1 N–H and O–H groups in total. The van der Waals surface area contributed by atoms with Crippen LogP contribution in [0.1, 0.15) is 18.1 Å². The van der Waals surface area contributed by atoms with E-state index < -0.39 is 17.6 Å². The molecule has 6 nitrogen and oxygen atoms in total. The number of nitrogens with one attached hydrogen (secondary N) is 1. The van der Waals surface area contributed by atoms with Gasteiger partial charge < -0.3 is 9.47 Å². The summed E-state index contributed by atoms with van der Waals surface area (Å²) in [6.45, 7) is 2.51. The molecule has 0 atom stereocenters. The van der Waals surface area contributed by atoms with Crippen LogP contribution in [-0.2, 0) is 16.2 Å².